The predicted octanol–water partition coefficient (Wildman–Crippen LogP) is 2.90. The van der Waals surface area contributed by atoms with Crippen molar-refractivity contribution < 1.29 is 4.74 Å². The number of aromatic nitrogens is 1. The number of thiazole rings is 1. The highest BCUT2D eigenvalue weighted by Gasteiger charge is 2.14. The third-order valence-corrected chi connectivity index (χ3v) is 4.20. The number of rotatable bonds is 4. The molecule has 0 atom stereocenters. The number of hydrogen-bond acceptors (Lipinski definition) is 5. The summed E-state index contributed by atoms with van der Waals surface area (Å²) >= 11 is 1.69. The molecule has 1 saturated heterocycles. The summed E-state index contributed by atoms with van der Waals surface area (Å²) in [6.07, 6.45) is 0. The van der Waals surface area contributed by atoms with Gasteiger partial charge in [-0.25, -0.2) is 4.98 Å². The van der Waals surface area contributed by atoms with Crippen LogP contribution in [0.5, 0.6) is 0 Å². The van der Waals surface area contributed by atoms with Crippen molar-refractivity contribution in [1.29, 1.82) is 0 Å². The fourth-order valence-corrected chi connectivity index (χ4v) is 2.99. The summed E-state index contributed by atoms with van der Waals surface area (Å²) in [6, 6.07) is 8.45. The van der Waals surface area contributed by atoms with Crippen molar-refractivity contribution in [2.24, 2.45) is 0 Å². The van der Waals surface area contributed by atoms with Crippen LogP contribution in [0.25, 0.3) is 0 Å². The van der Waals surface area contributed by atoms with Gasteiger partial charge >= 0.3 is 0 Å². The highest BCUT2D eigenvalue weighted by atomic mass is 32.1. The van der Waals surface area contributed by atoms with Crippen molar-refractivity contribution in [2.45, 2.75) is 13.5 Å². The monoisotopic (exact) mass is 289 g/mol. The molecule has 0 aliphatic carbocycles. The molecule has 2 aromatic rings. The fraction of sp³-hybridized carbons (Fsp3) is 0.400. The Balaban J connectivity index is 1.72. The van der Waals surface area contributed by atoms with Crippen molar-refractivity contribution in [3.05, 3.63) is 40.3 Å². The van der Waals surface area contributed by atoms with E-state index in [2.05, 4.69) is 44.8 Å². The van der Waals surface area contributed by atoms with E-state index in [0.29, 0.717) is 0 Å². The van der Waals surface area contributed by atoms with Gasteiger partial charge in [0.2, 0.25) is 0 Å². The van der Waals surface area contributed by atoms with Crippen molar-refractivity contribution in [3.8, 4) is 0 Å². The molecule has 5 heteroatoms. The van der Waals surface area contributed by atoms with Gasteiger partial charge in [-0.3, -0.25) is 0 Å². The van der Waals surface area contributed by atoms with E-state index in [9.17, 15) is 0 Å². The zero-order valence-corrected chi connectivity index (χ0v) is 12.4. The predicted molar refractivity (Wildman–Crippen MR) is 83.7 cm³/mol. The van der Waals surface area contributed by atoms with Crippen LogP contribution >= 0.6 is 11.3 Å². The highest BCUT2D eigenvalue weighted by Crippen LogP contribution is 2.26. The minimum absolute atomic E-state index is 0.770. The van der Waals surface area contributed by atoms with Gasteiger partial charge in [-0.1, -0.05) is 12.1 Å². The Morgan fingerprint density at radius 1 is 1.30 bits per heavy atom. The van der Waals surface area contributed by atoms with Crippen LogP contribution in [0.3, 0.4) is 0 Å². The zero-order chi connectivity index (χ0) is 13.8. The molecular weight excluding hydrogens is 270 g/mol. The molecule has 106 valence electrons. The van der Waals surface area contributed by atoms with Gasteiger partial charge in [0.1, 0.15) is 0 Å². The van der Waals surface area contributed by atoms with Crippen molar-refractivity contribution >= 4 is 22.7 Å². The molecule has 1 N–H and O–H groups in total. The van der Waals surface area contributed by atoms with Gasteiger partial charge in [0, 0.05) is 18.5 Å². The Kier molecular flexibility index (Phi) is 4.18. The largest absolute Gasteiger partial charge is 0.378 e. The molecule has 0 saturated carbocycles. The molecule has 1 aliphatic heterocycles. The van der Waals surface area contributed by atoms with Crippen LogP contribution in [-0.2, 0) is 11.3 Å². The van der Waals surface area contributed by atoms with Crippen LogP contribution in [0.2, 0.25) is 0 Å². The van der Waals surface area contributed by atoms with E-state index in [1.165, 1.54) is 11.4 Å². The summed E-state index contributed by atoms with van der Waals surface area (Å²) in [5, 5.41) is 6.73. The number of anilines is 2. The maximum Gasteiger partial charge on any atom is 0.0898 e. The summed E-state index contributed by atoms with van der Waals surface area (Å²) in [7, 11) is 0. The first kappa shape index (κ1) is 13.4. The second kappa shape index (κ2) is 6.24. The lowest BCUT2D eigenvalue weighted by Gasteiger charge is -2.30. The van der Waals surface area contributed by atoms with Crippen LogP contribution in [-0.4, -0.2) is 31.3 Å². The first-order chi connectivity index (χ1) is 9.83. The lowest BCUT2D eigenvalue weighted by atomic mass is 10.2. The van der Waals surface area contributed by atoms with Gasteiger partial charge < -0.3 is 15.0 Å². The van der Waals surface area contributed by atoms with Gasteiger partial charge in [0.05, 0.1) is 41.8 Å². The number of ether oxygens (including phenoxy) is 1. The highest BCUT2D eigenvalue weighted by molar-refractivity contribution is 7.09. The molecule has 1 aromatic heterocycles. The molecule has 0 radical (unpaired) electrons. The first-order valence-electron chi connectivity index (χ1n) is 6.89. The zero-order valence-electron chi connectivity index (χ0n) is 11.6. The SMILES string of the molecule is Cc1nc(CNc2ccccc2N2CCOCC2)cs1. The molecule has 1 aliphatic rings. The molecular formula is C15H19N3OS. The maximum absolute atomic E-state index is 5.42. The molecule has 2 heterocycles. The van der Waals surface area contributed by atoms with Crippen molar-refractivity contribution in [3.63, 3.8) is 0 Å². The Morgan fingerprint density at radius 3 is 2.85 bits per heavy atom. The molecule has 0 amide bonds. The lowest BCUT2D eigenvalue weighted by Crippen LogP contribution is -2.36. The van der Waals surface area contributed by atoms with Crippen LogP contribution in [0.15, 0.2) is 29.6 Å². The number of para-hydroxylation sites is 2. The van der Waals surface area contributed by atoms with Crippen molar-refractivity contribution in [2.75, 3.05) is 36.5 Å². The van der Waals surface area contributed by atoms with E-state index < -0.39 is 0 Å². The number of hydrogen-bond donors (Lipinski definition) is 1. The summed E-state index contributed by atoms with van der Waals surface area (Å²) in [4.78, 5) is 6.86. The number of nitrogens with one attached hydrogen (secondary N) is 1. The Labute approximate surface area is 123 Å². The first-order valence-corrected chi connectivity index (χ1v) is 7.77. The van der Waals surface area contributed by atoms with E-state index in [-0.39, 0.29) is 0 Å². The molecule has 0 unspecified atom stereocenters. The molecule has 4 nitrogen and oxygen atoms in total. The van der Waals surface area contributed by atoms with Gasteiger partial charge in [-0.15, -0.1) is 11.3 Å². The van der Waals surface area contributed by atoms with Gasteiger partial charge in [0.15, 0.2) is 0 Å². The average molecular weight is 289 g/mol. The third kappa shape index (κ3) is 3.11. The van der Waals surface area contributed by atoms with E-state index in [1.807, 2.05) is 6.92 Å². The quantitative estimate of drug-likeness (QED) is 0.939. The smallest absolute Gasteiger partial charge is 0.0898 e. The van der Waals surface area contributed by atoms with Crippen LogP contribution in [0, 0.1) is 6.92 Å². The van der Waals surface area contributed by atoms with E-state index in [1.54, 1.807) is 11.3 Å². The lowest BCUT2D eigenvalue weighted by molar-refractivity contribution is 0.123. The van der Waals surface area contributed by atoms with Crippen LogP contribution in [0.4, 0.5) is 11.4 Å². The minimum Gasteiger partial charge on any atom is -0.378 e. The Morgan fingerprint density at radius 2 is 2.10 bits per heavy atom. The van der Waals surface area contributed by atoms with Crippen LogP contribution in [0.1, 0.15) is 10.7 Å². The Hall–Kier alpha value is -1.59. The Bertz CT molecular complexity index is 564. The standard InChI is InChI=1S/C15H19N3OS/c1-12-17-13(11-20-12)10-16-14-4-2-3-5-15(14)18-6-8-19-9-7-18/h2-5,11,16H,6-10H2,1H3. The topological polar surface area (TPSA) is 37.4 Å². The molecule has 1 fully saturated rings. The van der Waals surface area contributed by atoms with Gasteiger partial charge in [-0.2, -0.15) is 0 Å². The summed E-state index contributed by atoms with van der Waals surface area (Å²) in [5.74, 6) is 0. The summed E-state index contributed by atoms with van der Waals surface area (Å²) < 4.78 is 5.42. The van der Waals surface area contributed by atoms with Crippen molar-refractivity contribution in [1.82, 2.24) is 4.98 Å². The molecule has 3 rings (SSSR count). The van der Waals surface area contributed by atoms with E-state index in [0.717, 1.165) is 43.5 Å². The fourth-order valence-electron chi connectivity index (χ4n) is 2.38. The number of aryl methyl sites for hydroxylation is 1. The average Bonchev–Trinajstić information content (AvgIpc) is 2.92. The number of benzene rings is 1. The molecule has 20 heavy (non-hydrogen) atoms. The van der Waals surface area contributed by atoms with E-state index in [4.69, 9.17) is 4.74 Å². The second-order valence-electron chi connectivity index (χ2n) is 4.83. The second-order valence-corrected chi connectivity index (χ2v) is 5.89. The minimum atomic E-state index is 0.770. The molecule has 0 bridgehead atoms. The third-order valence-electron chi connectivity index (χ3n) is 3.38. The number of nitrogens with zero attached hydrogens (tertiary/aromatic N) is 2. The normalized spacial score (nSPS) is 15.3. The van der Waals surface area contributed by atoms with Gasteiger partial charge in [-0.05, 0) is 19.1 Å². The maximum atomic E-state index is 5.42. The van der Waals surface area contributed by atoms with Gasteiger partial charge in [0.25, 0.3) is 0 Å². The molecule has 0 spiro atoms. The molecule has 1 aromatic carbocycles. The summed E-state index contributed by atoms with van der Waals surface area (Å²) in [6.45, 7) is 6.32. The number of morpholine rings is 1. The summed E-state index contributed by atoms with van der Waals surface area (Å²) in [5.41, 5.74) is 3.52. The van der Waals surface area contributed by atoms with Crippen LogP contribution < -0.4 is 10.2 Å². The van der Waals surface area contributed by atoms with E-state index >= 15 is 0 Å².